The van der Waals surface area contributed by atoms with Gasteiger partial charge in [0.25, 0.3) is 0 Å². The summed E-state index contributed by atoms with van der Waals surface area (Å²) in [5.41, 5.74) is -0.728. The van der Waals surface area contributed by atoms with Crippen molar-refractivity contribution in [2.24, 2.45) is 0 Å². The summed E-state index contributed by atoms with van der Waals surface area (Å²) in [6, 6.07) is 0. The first kappa shape index (κ1) is 9.92. The van der Waals surface area contributed by atoms with Gasteiger partial charge in [0.2, 0.25) is 0 Å². The zero-order valence-electron chi connectivity index (χ0n) is 7.09. The van der Waals surface area contributed by atoms with E-state index in [1.54, 1.807) is 13.8 Å². The van der Waals surface area contributed by atoms with Crippen LogP contribution in [0.3, 0.4) is 0 Å². The van der Waals surface area contributed by atoms with Gasteiger partial charge in [-0.3, -0.25) is 0 Å². The van der Waals surface area contributed by atoms with Gasteiger partial charge in [-0.25, -0.2) is 0 Å². The number of rotatable bonds is 4. The Hall–Kier alpha value is -0.0800. The van der Waals surface area contributed by atoms with E-state index in [1.165, 1.54) is 0 Å². The topological polar surface area (TPSA) is 40.5 Å². The van der Waals surface area contributed by atoms with E-state index in [0.29, 0.717) is 6.42 Å². The molecule has 62 valence electrons. The molecule has 0 aliphatic heterocycles. The Morgan fingerprint density at radius 3 is 2.20 bits per heavy atom. The van der Waals surface area contributed by atoms with E-state index in [2.05, 4.69) is 0 Å². The van der Waals surface area contributed by atoms with Gasteiger partial charge in [0.05, 0.1) is 11.7 Å². The molecule has 0 spiro atoms. The van der Waals surface area contributed by atoms with Crippen LogP contribution in [0.2, 0.25) is 0 Å². The third-order valence-corrected chi connectivity index (χ3v) is 1.36. The molecular weight excluding hydrogens is 128 g/mol. The molecule has 0 aromatic rings. The van der Waals surface area contributed by atoms with Gasteiger partial charge in [0, 0.05) is 6.42 Å². The van der Waals surface area contributed by atoms with Crippen molar-refractivity contribution in [3.05, 3.63) is 0 Å². The average Bonchev–Trinajstić information content (AvgIpc) is 1.59. The SMILES string of the molecule is CCCC(O)CC(C)(C)O. The molecular formula is C8H18O2. The van der Waals surface area contributed by atoms with Gasteiger partial charge < -0.3 is 10.2 Å². The Morgan fingerprint density at radius 1 is 1.40 bits per heavy atom. The van der Waals surface area contributed by atoms with Crippen molar-refractivity contribution < 1.29 is 10.2 Å². The van der Waals surface area contributed by atoms with Crippen LogP contribution in [-0.2, 0) is 0 Å². The highest BCUT2D eigenvalue weighted by atomic mass is 16.3. The minimum absolute atomic E-state index is 0.343. The highest BCUT2D eigenvalue weighted by Crippen LogP contribution is 2.13. The van der Waals surface area contributed by atoms with E-state index in [1.807, 2.05) is 6.92 Å². The van der Waals surface area contributed by atoms with E-state index < -0.39 is 5.60 Å². The summed E-state index contributed by atoms with van der Waals surface area (Å²) in [5, 5.41) is 18.5. The molecule has 0 aliphatic carbocycles. The second-order valence-corrected chi connectivity index (χ2v) is 3.46. The van der Waals surface area contributed by atoms with Crippen LogP contribution in [0.5, 0.6) is 0 Å². The van der Waals surface area contributed by atoms with Crippen LogP contribution < -0.4 is 0 Å². The standard InChI is InChI=1S/C8H18O2/c1-4-5-7(9)6-8(2,3)10/h7,9-10H,4-6H2,1-3H3. The van der Waals surface area contributed by atoms with E-state index in [0.717, 1.165) is 12.8 Å². The first-order valence-electron chi connectivity index (χ1n) is 3.86. The van der Waals surface area contributed by atoms with E-state index in [4.69, 9.17) is 0 Å². The second-order valence-electron chi connectivity index (χ2n) is 3.46. The van der Waals surface area contributed by atoms with Crippen LogP contribution in [0, 0.1) is 0 Å². The van der Waals surface area contributed by atoms with Gasteiger partial charge >= 0.3 is 0 Å². The third kappa shape index (κ3) is 6.05. The Morgan fingerprint density at radius 2 is 1.90 bits per heavy atom. The maximum atomic E-state index is 9.25. The van der Waals surface area contributed by atoms with Gasteiger partial charge in [-0.2, -0.15) is 0 Å². The second kappa shape index (κ2) is 3.94. The maximum absolute atomic E-state index is 9.25. The van der Waals surface area contributed by atoms with Crippen LogP contribution in [-0.4, -0.2) is 21.9 Å². The van der Waals surface area contributed by atoms with Crippen molar-refractivity contribution >= 4 is 0 Å². The molecule has 10 heavy (non-hydrogen) atoms. The average molecular weight is 146 g/mol. The normalized spacial score (nSPS) is 15.3. The summed E-state index contributed by atoms with van der Waals surface area (Å²) in [5.74, 6) is 0. The molecule has 0 bridgehead atoms. The number of hydrogen-bond donors (Lipinski definition) is 2. The zero-order chi connectivity index (χ0) is 8.20. The predicted octanol–water partition coefficient (Wildman–Crippen LogP) is 1.31. The van der Waals surface area contributed by atoms with Crippen molar-refractivity contribution in [3.8, 4) is 0 Å². The highest BCUT2D eigenvalue weighted by Gasteiger charge is 2.17. The van der Waals surface area contributed by atoms with Gasteiger partial charge in [-0.05, 0) is 20.3 Å². The molecule has 0 saturated carbocycles. The molecule has 2 heteroatoms. The van der Waals surface area contributed by atoms with Crippen molar-refractivity contribution in [1.82, 2.24) is 0 Å². The molecule has 2 N–H and O–H groups in total. The zero-order valence-corrected chi connectivity index (χ0v) is 7.09. The quantitative estimate of drug-likeness (QED) is 0.627. The van der Waals surface area contributed by atoms with Gasteiger partial charge in [0.15, 0.2) is 0 Å². The number of hydrogen-bond acceptors (Lipinski definition) is 2. The van der Waals surface area contributed by atoms with Crippen LogP contribution >= 0.6 is 0 Å². The van der Waals surface area contributed by atoms with Crippen LogP contribution in [0.4, 0.5) is 0 Å². The molecule has 0 aliphatic rings. The van der Waals surface area contributed by atoms with Crippen LogP contribution in [0.25, 0.3) is 0 Å². The maximum Gasteiger partial charge on any atom is 0.0616 e. The van der Waals surface area contributed by atoms with Crippen LogP contribution in [0.15, 0.2) is 0 Å². The lowest BCUT2D eigenvalue weighted by Crippen LogP contribution is -2.25. The Balaban J connectivity index is 3.47. The van der Waals surface area contributed by atoms with Gasteiger partial charge in [-0.15, -0.1) is 0 Å². The minimum atomic E-state index is -0.728. The largest absolute Gasteiger partial charge is 0.393 e. The molecule has 0 aromatic carbocycles. The van der Waals surface area contributed by atoms with Crippen molar-refractivity contribution in [2.45, 2.75) is 51.7 Å². The minimum Gasteiger partial charge on any atom is -0.393 e. The molecule has 1 unspecified atom stereocenters. The van der Waals surface area contributed by atoms with Crippen LogP contribution in [0.1, 0.15) is 40.0 Å². The third-order valence-electron chi connectivity index (χ3n) is 1.36. The fourth-order valence-electron chi connectivity index (χ4n) is 1.01. The summed E-state index contributed by atoms with van der Waals surface area (Å²) in [6.45, 7) is 5.45. The van der Waals surface area contributed by atoms with E-state index in [9.17, 15) is 10.2 Å². The molecule has 0 aromatic heterocycles. The molecule has 0 amide bonds. The lowest BCUT2D eigenvalue weighted by Gasteiger charge is -2.20. The molecule has 0 fully saturated rings. The van der Waals surface area contributed by atoms with Crippen molar-refractivity contribution in [1.29, 1.82) is 0 Å². The lowest BCUT2D eigenvalue weighted by atomic mass is 9.99. The summed E-state index contributed by atoms with van der Waals surface area (Å²) >= 11 is 0. The molecule has 0 saturated heterocycles. The molecule has 0 radical (unpaired) electrons. The Kier molecular flexibility index (Phi) is 3.91. The molecule has 2 nitrogen and oxygen atoms in total. The lowest BCUT2D eigenvalue weighted by molar-refractivity contribution is 0.0157. The molecule has 0 rings (SSSR count). The Labute approximate surface area is 62.9 Å². The summed E-state index contributed by atoms with van der Waals surface area (Å²) < 4.78 is 0. The smallest absolute Gasteiger partial charge is 0.0616 e. The molecule has 0 heterocycles. The van der Waals surface area contributed by atoms with Crippen molar-refractivity contribution in [2.75, 3.05) is 0 Å². The summed E-state index contributed by atoms with van der Waals surface area (Å²) in [7, 11) is 0. The fraction of sp³-hybridized carbons (Fsp3) is 1.00. The van der Waals surface area contributed by atoms with Crippen molar-refractivity contribution in [3.63, 3.8) is 0 Å². The van der Waals surface area contributed by atoms with Gasteiger partial charge in [0.1, 0.15) is 0 Å². The first-order valence-corrected chi connectivity index (χ1v) is 3.86. The van der Waals surface area contributed by atoms with Gasteiger partial charge in [-0.1, -0.05) is 13.3 Å². The predicted molar refractivity (Wildman–Crippen MR) is 41.8 cm³/mol. The summed E-state index contributed by atoms with van der Waals surface area (Å²) in [4.78, 5) is 0. The highest BCUT2D eigenvalue weighted by molar-refractivity contribution is 4.70. The Bertz CT molecular complexity index is 83.7. The number of aliphatic hydroxyl groups excluding tert-OH is 1. The van der Waals surface area contributed by atoms with E-state index >= 15 is 0 Å². The number of aliphatic hydroxyl groups is 2. The van der Waals surface area contributed by atoms with E-state index in [-0.39, 0.29) is 6.10 Å². The molecule has 1 atom stereocenters. The monoisotopic (exact) mass is 146 g/mol. The fourth-order valence-corrected chi connectivity index (χ4v) is 1.01. The first-order chi connectivity index (χ1) is 4.45. The summed E-state index contributed by atoms with van der Waals surface area (Å²) in [6.07, 6.45) is 1.88.